The van der Waals surface area contributed by atoms with Crippen molar-refractivity contribution in [1.29, 1.82) is 0 Å². The zero-order valence-electron chi connectivity index (χ0n) is 13.9. The number of likely N-dealkylation sites (tertiary alicyclic amines) is 1. The number of nitrogens with zero attached hydrogens (tertiary/aromatic N) is 1. The molecule has 2 rings (SSSR count). The maximum Gasteiger partial charge on any atom is 0.317 e. The quantitative estimate of drug-likeness (QED) is 0.714. The molecule has 0 radical (unpaired) electrons. The second-order valence-electron chi connectivity index (χ2n) is 6.03. The summed E-state index contributed by atoms with van der Waals surface area (Å²) in [4.78, 5) is 24.6. The van der Waals surface area contributed by atoms with Crippen molar-refractivity contribution in [2.45, 2.75) is 25.7 Å². The summed E-state index contributed by atoms with van der Waals surface area (Å²) in [5, 5.41) is 11.8. The molecule has 0 bridgehead atoms. The van der Waals surface area contributed by atoms with Gasteiger partial charge in [0, 0.05) is 26.2 Å². The van der Waals surface area contributed by atoms with Gasteiger partial charge in [-0.15, -0.1) is 0 Å². The average molecular weight is 334 g/mol. The van der Waals surface area contributed by atoms with E-state index in [1.807, 2.05) is 18.2 Å². The van der Waals surface area contributed by atoms with E-state index in [0.29, 0.717) is 45.7 Å². The molecule has 0 aromatic heterocycles. The van der Waals surface area contributed by atoms with Crippen LogP contribution in [0, 0.1) is 5.92 Å². The number of carboxylic acids is 1. The van der Waals surface area contributed by atoms with Gasteiger partial charge >= 0.3 is 12.0 Å². The van der Waals surface area contributed by atoms with Gasteiger partial charge in [0.15, 0.2) is 0 Å². The van der Waals surface area contributed by atoms with Gasteiger partial charge in [0.2, 0.25) is 0 Å². The molecule has 6 heteroatoms. The molecule has 1 saturated heterocycles. The Morgan fingerprint density at radius 2 is 1.88 bits per heavy atom. The van der Waals surface area contributed by atoms with E-state index >= 15 is 0 Å². The van der Waals surface area contributed by atoms with Gasteiger partial charge in [-0.1, -0.05) is 30.3 Å². The number of nitrogens with one attached hydrogen (secondary N) is 1. The van der Waals surface area contributed by atoms with E-state index in [1.165, 1.54) is 5.56 Å². The summed E-state index contributed by atoms with van der Waals surface area (Å²) in [6.45, 7) is 2.89. The topological polar surface area (TPSA) is 78.9 Å². The van der Waals surface area contributed by atoms with Gasteiger partial charge in [-0.25, -0.2) is 4.79 Å². The van der Waals surface area contributed by atoms with Crippen LogP contribution in [-0.4, -0.2) is 54.9 Å². The van der Waals surface area contributed by atoms with Crippen LogP contribution in [-0.2, 0) is 16.0 Å². The van der Waals surface area contributed by atoms with Crippen molar-refractivity contribution >= 4 is 12.0 Å². The molecule has 1 fully saturated rings. The number of hydrogen-bond acceptors (Lipinski definition) is 3. The van der Waals surface area contributed by atoms with Crippen LogP contribution in [0.3, 0.4) is 0 Å². The maximum absolute atomic E-state index is 12.0. The lowest BCUT2D eigenvalue weighted by atomic mass is 9.97. The normalized spacial score (nSPS) is 15.2. The highest BCUT2D eigenvalue weighted by atomic mass is 16.5. The van der Waals surface area contributed by atoms with Crippen molar-refractivity contribution in [3.63, 3.8) is 0 Å². The number of benzene rings is 1. The summed E-state index contributed by atoms with van der Waals surface area (Å²) < 4.78 is 5.58. The Kier molecular flexibility index (Phi) is 7.55. The molecular formula is C18H26N2O4. The van der Waals surface area contributed by atoms with E-state index in [0.717, 1.165) is 12.8 Å². The Bertz CT molecular complexity index is 513. The van der Waals surface area contributed by atoms with E-state index < -0.39 is 5.97 Å². The number of amides is 2. The average Bonchev–Trinajstić information content (AvgIpc) is 2.61. The molecule has 1 heterocycles. The van der Waals surface area contributed by atoms with Crippen LogP contribution < -0.4 is 5.32 Å². The summed E-state index contributed by atoms with van der Waals surface area (Å²) in [6.07, 6.45) is 2.73. The van der Waals surface area contributed by atoms with Crippen LogP contribution in [0.25, 0.3) is 0 Å². The van der Waals surface area contributed by atoms with Crippen LogP contribution in [0.5, 0.6) is 0 Å². The standard InChI is InChI=1S/C18H26N2O4/c21-17(22)16-7-11-20(12-8-16)18(23)19-10-4-13-24-14-9-15-5-2-1-3-6-15/h1-3,5-6,16H,4,7-14H2,(H,19,23)(H,21,22). The van der Waals surface area contributed by atoms with Gasteiger partial charge in [-0.05, 0) is 31.2 Å². The van der Waals surface area contributed by atoms with Crippen molar-refractivity contribution in [3.8, 4) is 0 Å². The number of carbonyl (C=O) groups is 2. The monoisotopic (exact) mass is 334 g/mol. The third-order valence-electron chi connectivity index (χ3n) is 4.25. The lowest BCUT2D eigenvalue weighted by Crippen LogP contribution is -2.45. The van der Waals surface area contributed by atoms with E-state index in [1.54, 1.807) is 4.90 Å². The fraction of sp³-hybridized carbons (Fsp3) is 0.556. The molecule has 1 aromatic carbocycles. The minimum atomic E-state index is -0.761. The number of carboxylic acid groups (broad SMARTS) is 1. The molecule has 0 aliphatic carbocycles. The number of hydrogen-bond donors (Lipinski definition) is 2. The molecule has 0 saturated carbocycles. The van der Waals surface area contributed by atoms with Gasteiger partial charge in [0.1, 0.15) is 0 Å². The largest absolute Gasteiger partial charge is 0.481 e. The van der Waals surface area contributed by atoms with E-state index in [9.17, 15) is 9.59 Å². The molecule has 0 spiro atoms. The zero-order valence-corrected chi connectivity index (χ0v) is 13.9. The molecule has 0 atom stereocenters. The second-order valence-corrected chi connectivity index (χ2v) is 6.03. The Hall–Kier alpha value is -2.08. The van der Waals surface area contributed by atoms with Crippen molar-refractivity contribution in [2.24, 2.45) is 5.92 Å². The maximum atomic E-state index is 12.0. The number of aliphatic carboxylic acids is 1. The highest BCUT2D eigenvalue weighted by Crippen LogP contribution is 2.17. The minimum absolute atomic E-state index is 0.108. The number of piperidine rings is 1. The summed E-state index contributed by atoms with van der Waals surface area (Å²) in [5.41, 5.74) is 1.26. The lowest BCUT2D eigenvalue weighted by molar-refractivity contribution is -0.143. The predicted molar refractivity (Wildman–Crippen MR) is 90.9 cm³/mol. The smallest absolute Gasteiger partial charge is 0.317 e. The molecule has 1 aliphatic rings. The highest BCUT2D eigenvalue weighted by molar-refractivity contribution is 5.75. The van der Waals surface area contributed by atoms with Gasteiger partial charge in [0.05, 0.1) is 12.5 Å². The molecule has 0 unspecified atom stereocenters. The first-order valence-corrected chi connectivity index (χ1v) is 8.54. The zero-order chi connectivity index (χ0) is 17.2. The van der Waals surface area contributed by atoms with E-state index in [4.69, 9.17) is 9.84 Å². The van der Waals surface area contributed by atoms with Crippen LogP contribution in [0.2, 0.25) is 0 Å². The molecule has 1 aliphatic heterocycles. The summed E-state index contributed by atoms with van der Waals surface area (Å²) >= 11 is 0. The van der Waals surface area contributed by atoms with E-state index in [-0.39, 0.29) is 11.9 Å². The van der Waals surface area contributed by atoms with Crippen molar-refractivity contribution in [2.75, 3.05) is 32.8 Å². The van der Waals surface area contributed by atoms with Crippen LogP contribution in [0.4, 0.5) is 4.79 Å². The van der Waals surface area contributed by atoms with Gasteiger partial charge in [0.25, 0.3) is 0 Å². The molecular weight excluding hydrogens is 308 g/mol. The number of rotatable bonds is 8. The third-order valence-corrected chi connectivity index (χ3v) is 4.25. The van der Waals surface area contributed by atoms with Crippen molar-refractivity contribution < 1.29 is 19.4 Å². The van der Waals surface area contributed by atoms with Crippen LogP contribution >= 0.6 is 0 Å². The molecule has 24 heavy (non-hydrogen) atoms. The van der Waals surface area contributed by atoms with Crippen molar-refractivity contribution in [3.05, 3.63) is 35.9 Å². The van der Waals surface area contributed by atoms with Gasteiger partial charge in [-0.2, -0.15) is 0 Å². The predicted octanol–water partition coefficient (Wildman–Crippen LogP) is 2.14. The molecule has 2 N–H and O–H groups in total. The number of carbonyl (C=O) groups excluding carboxylic acids is 1. The molecule has 2 amide bonds. The first kappa shape index (κ1) is 18.3. The number of urea groups is 1. The van der Waals surface area contributed by atoms with Crippen LogP contribution in [0.1, 0.15) is 24.8 Å². The van der Waals surface area contributed by atoms with Gasteiger partial charge < -0.3 is 20.1 Å². The Balaban J connectivity index is 1.48. The Morgan fingerprint density at radius 1 is 1.17 bits per heavy atom. The minimum Gasteiger partial charge on any atom is -0.481 e. The molecule has 6 nitrogen and oxygen atoms in total. The summed E-state index contributed by atoms with van der Waals surface area (Å²) in [6, 6.07) is 10.1. The molecule has 132 valence electrons. The third kappa shape index (κ3) is 6.20. The Morgan fingerprint density at radius 3 is 2.54 bits per heavy atom. The van der Waals surface area contributed by atoms with Crippen molar-refractivity contribution in [1.82, 2.24) is 10.2 Å². The SMILES string of the molecule is O=C(O)C1CCN(C(=O)NCCCOCCc2ccccc2)CC1. The first-order valence-electron chi connectivity index (χ1n) is 8.54. The lowest BCUT2D eigenvalue weighted by Gasteiger charge is -2.30. The van der Waals surface area contributed by atoms with E-state index in [2.05, 4.69) is 17.4 Å². The first-order chi connectivity index (χ1) is 11.7. The Labute approximate surface area is 142 Å². The fourth-order valence-electron chi connectivity index (χ4n) is 2.75. The summed E-state index contributed by atoms with van der Waals surface area (Å²) in [7, 11) is 0. The summed E-state index contributed by atoms with van der Waals surface area (Å²) in [5.74, 6) is -1.07. The van der Waals surface area contributed by atoms with Crippen LogP contribution in [0.15, 0.2) is 30.3 Å². The number of ether oxygens (including phenoxy) is 1. The second kappa shape index (κ2) is 9.93. The van der Waals surface area contributed by atoms with Gasteiger partial charge in [-0.3, -0.25) is 4.79 Å². The highest BCUT2D eigenvalue weighted by Gasteiger charge is 2.26. The molecule has 1 aromatic rings. The fourth-order valence-corrected chi connectivity index (χ4v) is 2.75.